The molecule has 29 heavy (non-hydrogen) atoms. The van der Waals surface area contributed by atoms with Crippen molar-refractivity contribution in [3.63, 3.8) is 0 Å². The predicted molar refractivity (Wildman–Crippen MR) is 91.1 cm³/mol. The highest BCUT2D eigenvalue weighted by Crippen LogP contribution is 2.56. The molecule has 1 atom stereocenters. The number of nitrogens with zero attached hydrogens (tertiary/aromatic N) is 2. The molecule has 10 heteroatoms. The van der Waals surface area contributed by atoms with E-state index in [1.54, 1.807) is 0 Å². The Balaban J connectivity index is 1.50. The van der Waals surface area contributed by atoms with Gasteiger partial charge < -0.3 is 9.64 Å². The van der Waals surface area contributed by atoms with Gasteiger partial charge in [0.15, 0.2) is 6.10 Å². The summed E-state index contributed by atoms with van der Waals surface area (Å²) in [5, 5.41) is 0. The van der Waals surface area contributed by atoms with E-state index in [4.69, 9.17) is 0 Å². The quantitative estimate of drug-likeness (QED) is 0.599. The number of hydrogen-bond donors (Lipinski definition) is 0. The summed E-state index contributed by atoms with van der Waals surface area (Å²) >= 11 is 0. The highest BCUT2D eigenvalue weighted by molar-refractivity contribution is 5.68. The normalized spacial score (nSPS) is 21.0. The maximum absolute atomic E-state index is 12.8. The maximum atomic E-state index is 12.8. The van der Waals surface area contributed by atoms with Gasteiger partial charge in [-0.15, -0.1) is 0 Å². The van der Waals surface area contributed by atoms with E-state index in [1.807, 2.05) is 0 Å². The summed E-state index contributed by atoms with van der Waals surface area (Å²) in [6, 6.07) is 2.42. The minimum atomic E-state index is -4.59. The second-order valence-electron chi connectivity index (χ2n) is 7.89. The number of carbonyl (C=O) groups is 1. The standard InChI is InChI=1S/C19H22F6N2O2/c1-2-15(19(23,24)25)29-16(28)27-7-5-17(6-8-27)9-13(10-17)12-3-4-14(26-11-12)18(20,21)22/h3-4,11,13,15H,2,5-10H2,1H3/t15-/m1/s1. The van der Waals surface area contributed by atoms with Crippen molar-refractivity contribution in [3.8, 4) is 0 Å². The topological polar surface area (TPSA) is 42.4 Å². The van der Waals surface area contributed by atoms with Crippen LogP contribution in [0.15, 0.2) is 18.3 Å². The van der Waals surface area contributed by atoms with Gasteiger partial charge in [0.2, 0.25) is 0 Å². The molecule has 4 nitrogen and oxygen atoms in total. The van der Waals surface area contributed by atoms with E-state index < -0.39 is 30.2 Å². The van der Waals surface area contributed by atoms with Crippen LogP contribution in [0.2, 0.25) is 0 Å². The molecule has 1 aromatic heterocycles. The Morgan fingerprint density at radius 1 is 1.21 bits per heavy atom. The van der Waals surface area contributed by atoms with Gasteiger partial charge in [0, 0.05) is 19.3 Å². The molecule has 2 heterocycles. The molecule has 1 saturated heterocycles. The Morgan fingerprint density at radius 3 is 2.28 bits per heavy atom. The zero-order chi connectivity index (χ0) is 21.4. The molecule has 2 aliphatic rings. The van der Waals surface area contributed by atoms with Crippen LogP contribution in [0.4, 0.5) is 31.1 Å². The van der Waals surface area contributed by atoms with E-state index in [1.165, 1.54) is 24.1 Å². The summed E-state index contributed by atoms with van der Waals surface area (Å²) in [7, 11) is 0. The molecule has 0 unspecified atom stereocenters. The minimum absolute atomic E-state index is 0.0294. The van der Waals surface area contributed by atoms with Crippen molar-refractivity contribution < 1.29 is 35.9 Å². The van der Waals surface area contributed by atoms with Crippen molar-refractivity contribution in [2.75, 3.05) is 13.1 Å². The molecule has 0 radical (unpaired) electrons. The van der Waals surface area contributed by atoms with Gasteiger partial charge in [0.05, 0.1) is 0 Å². The minimum Gasteiger partial charge on any atom is -0.436 e. The number of rotatable bonds is 3. The fraction of sp³-hybridized carbons (Fsp3) is 0.684. The fourth-order valence-electron chi connectivity index (χ4n) is 4.19. The predicted octanol–water partition coefficient (Wildman–Crippen LogP) is 5.54. The number of alkyl halides is 6. The molecule has 1 aliphatic carbocycles. The van der Waals surface area contributed by atoms with Gasteiger partial charge in [-0.1, -0.05) is 13.0 Å². The Hall–Kier alpha value is -2.00. The van der Waals surface area contributed by atoms with Gasteiger partial charge in [-0.25, -0.2) is 4.79 Å². The van der Waals surface area contributed by atoms with Crippen LogP contribution in [0.3, 0.4) is 0 Å². The monoisotopic (exact) mass is 424 g/mol. The number of hydrogen-bond acceptors (Lipinski definition) is 3. The molecule has 0 bridgehead atoms. The highest BCUT2D eigenvalue weighted by atomic mass is 19.4. The van der Waals surface area contributed by atoms with Crippen LogP contribution in [-0.2, 0) is 10.9 Å². The fourth-order valence-corrected chi connectivity index (χ4v) is 4.19. The zero-order valence-corrected chi connectivity index (χ0v) is 15.8. The number of piperidine rings is 1. The zero-order valence-electron chi connectivity index (χ0n) is 15.8. The van der Waals surface area contributed by atoms with E-state index in [0.717, 1.165) is 24.5 Å². The lowest BCUT2D eigenvalue weighted by Gasteiger charge is -2.52. The summed E-state index contributed by atoms with van der Waals surface area (Å²) < 4.78 is 80.7. The SMILES string of the molecule is CC[C@@H](OC(=O)N1CCC2(CC1)CC(c1ccc(C(F)(F)F)nc1)C2)C(F)(F)F. The summed E-state index contributed by atoms with van der Waals surface area (Å²) in [6.45, 7) is 1.93. The van der Waals surface area contributed by atoms with Crippen molar-refractivity contribution in [1.82, 2.24) is 9.88 Å². The number of likely N-dealkylation sites (tertiary alicyclic amines) is 1. The van der Waals surface area contributed by atoms with Crippen molar-refractivity contribution in [1.29, 1.82) is 0 Å². The highest BCUT2D eigenvalue weighted by Gasteiger charge is 2.48. The Bertz CT molecular complexity index is 716. The Morgan fingerprint density at radius 2 is 1.83 bits per heavy atom. The van der Waals surface area contributed by atoms with Crippen molar-refractivity contribution in [2.24, 2.45) is 5.41 Å². The van der Waals surface area contributed by atoms with Gasteiger partial charge in [-0.05, 0) is 55.1 Å². The molecular weight excluding hydrogens is 402 g/mol. The lowest BCUT2D eigenvalue weighted by atomic mass is 9.56. The number of ether oxygens (including phenoxy) is 1. The molecule has 3 rings (SSSR count). The van der Waals surface area contributed by atoms with Crippen LogP contribution >= 0.6 is 0 Å². The Kier molecular flexibility index (Phi) is 5.75. The molecule has 162 valence electrons. The van der Waals surface area contributed by atoms with Crippen molar-refractivity contribution in [3.05, 3.63) is 29.6 Å². The second-order valence-corrected chi connectivity index (χ2v) is 7.89. The third-order valence-electron chi connectivity index (χ3n) is 5.97. The lowest BCUT2D eigenvalue weighted by molar-refractivity contribution is -0.206. The van der Waals surface area contributed by atoms with Crippen LogP contribution in [0.25, 0.3) is 0 Å². The van der Waals surface area contributed by atoms with Gasteiger partial charge in [-0.3, -0.25) is 4.98 Å². The number of halogens is 6. The maximum Gasteiger partial charge on any atom is 0.433 e. The number of pyridine rings is 1. The van der Waals surface area contributed by atoms with Crippen LogP contribution in [-0.4, -0.2) is 41.3 Å². The average Bonchev–Trinajstić information content (AvgIpc) is 2.62. The molecule has 1 saturated carbocycles. The molecule has 1 spiro atoms. The van der Waals surface area contributed by atoms with Crippen molar-refractivity contribution in [2.45, 2.75) is 63.4 Å². The molecular formula is C19H22F6N2O2. The molecule has 0 aromatic carbocycles. The number of carbonyl (C=O) groups excluding carboxylic acids is 1. The first-order valence-electron chi connectivity index (χ1n) is 9.49. The third kappa shape index (κ3) is 4.78. The molecule has 2 fully saturated rings. The van der Waals surface area contributed by atoms with E-state index in [9.17, 15) is 31.1 Å². The largest absolute Gasteiger partial charge is 0.436 e. The molecule has 1 aliphatic heterocycles. The smallest absolute Gasteiger partial charge is 0.433 e. The van der Waals surface area contributed by atoms with Crippen LogP contribution in [0.1, 0.15) is 56.2 Å². The van der Waals surface area contributed by atoms with Gasteiger partial charge in [-0.2, -0.15) is 26.3 Å². The average molecular weight is 424 g/mol. The van der Waals surface area contributed by atoms with Gasteiger partial charge in [0.25, 0.3) is 0 Å². The molecule has 1 amide bonds. The van der Waals surface area contributed by atoms with Crippen LogP contribution < -0.4 is 0 Å². The Labute approximate surface area is 164 Å². The lowest BCUT2D eigenvalue weighted by Crippen LogP contribution is -2.49. The van der Waals surface area contributed by atoms with E-state index >= 15 is 0 Å². The summed E-state index contributed by atoms with van der Waals surface area (Å²) in [4.78, 5) is 16.8. The van der Waals surface area contributed by atoms with Crippen LogP contribution in [0.5, 0.6) is 0 Å². The summed E-state index contributed by atoms with van der Waals surface area (Å²) in [6.07, 6.45) is -8.39. The summed E-state index contributed by atoms with van der Waals surface area (Å²) in [5.74, 6) is 0.109. The number of aromatic nitrogens is 1. The molecule has 0 N–H and O–H groups in total. The van der Waals surface area contributed by atoms with E-state index in [-0.39, 0.29) is 17.8 Å². The van der Waals surface area contributed by atoms with E-state index in [2.05, 4.69) is 9.72 Å². The second kappa shape index (κ2) is 7.68. The van der Waals surface area contributed by atoms with E-state index in [0.29, 0.717) is 25.9 Å². The molecule has 1 aromatic rings. The van der Waals surface area contributed by atoms with Crippen molar-refractivity contribution >= 4 is 6.09 Å². The number of amides is 1. The first kappa shape index (κ1) is 21.7. The first-order valence-corrected chi connectivity index (χ1v) is 9.49. The van der Waals surface area contributed by atoms with Gasteiger partial charge >= 0.3 is 18.4 Å². The van der Waals surface area contributed by atoms with Crippen LogP contribution in [0, 0.1) is 5.41 Å². The third-order valence-corrected chi connectivity index (χ3v) is 5.97. The van der Waals surface area contributed by atoms with Gasteiger partial charge in [0.1, 0.15) is 5.69 Å². The summed E-state index contributed by atoms with van der Waals surface area (Å²) in [5.41, 5.74) is -0.203. The first-order chi connectivity index (χ1) is 13.4.